The molecule has 2 aromatic heterocycles. The zero-order valence-corrected chi connectivity index (χ0v) is 13.9. The van der Waals surface area contributed by atoms with Crippen LogP contribution in [0.3, 0.4) is 0 Å². The van der Waals surface area contributed by atoms with Gasteiger partial charge >= 0.3 is 6.03 Å². The first-order valence-corrected chi connectivity index (χ1v) is 8.22. The molecule has 2 rings (SSSR count). The summed E-state index contributed by atoms with van der Waals surface area (Å²) in [4.78, 5) is 20.5. The van der Waals surface area contributed by atoms with Crippen molar-refractivity contribution in [2.24, 2.45) is 0 Å². The van der Waals surface area contributed by atoms with Crippen LogP contribution in [0.15, 0.2) is 9.90 Å². The largest absolute Gasteiger partial charge is 0.339 e. The maximum Gasteiger partial charge on any atom is 0.315 e. The minimum absolute atomic E-state index is 0.0442. The lowest BCUT2D eigenvalue weighted by Crippen LogP contribution is -2.38. The van der Waals surface area contributed by atoms with E-state index in [-0.39, 0.29) is 12.1 Å². The van der Waals surface area contributed by atoms with Gasteiger partial charge in [0.1, 0.15) is 5.01 Å². The SMILES string of the molecule is CC[C@@H](NC(=O)NCCCc1nc(C)no1)c1nc(C)cs1. The van der Waals surface area contributed by atoms with Crippen LogP contribution in [0.5, 0.6) is 0 Å². The van der Waals surface area contributed by atoms with E-state index in [0.29, 0.717) is 24.7 Å². The van der Waals surface area contributed by atoms with E-state index >= 15 is 0 Å². The zero-order chi connectivity index (χ0) is 15.9. The Morgan fingerprint density at radius 3 is 2.82 bits per heavy atom. The highest BCUT2D eigenvalue weighted by molar-refractivity contribution is 7.09. The normalized spacial score (nSPS) is 12.1. The molecule has 0 radical (unpaired) electrons. The Morgan fingerprint density at radius 1 is 1.41 bits per heavy atom. The predicted molar refractivity (Wildman–Crippen MR) is 83.8 cm³/mol. The van der Waals surface area contributed by atoms with E-state index < -0.39 is 0 Å². The molecule has 1 atom stereocenters. The summed E-state index contributed by atoms with van der Waals surface area (Å²) in [7, 11) is 0. The minimum Gasteiger partial charge on any atom is -0.339 e. The van der Waals surface area contributed by atoms with Crippen LogP contribution < -0.4 is 10.6 Å². The Bertz CT molecular complexity index is 610. The Morgan fingerprint density at radius 2 is 2.23 bits per heavy atom. The average molecular weight is 323 g/mol. The summed E-state index contributed by atoms with van der Waals surface area (Å²) < 4.78 is 5.02. The van der Waals surface area contributed by atoms with E-state index in [9.17, 15) is 4.79 Å². The maximum absolute atomic E-state index is 11.9. The molecule has 7 nitrogen and oxygen atoms in total. The second-order valence-corrected chi connectivity index (χ2v) is 5.92. The van der Waals surface area contributed by atoms with Crippen molar-refractivity contribution < 1.29 is 9.32 Å². The molecule has 0 aromatic carbocycles. The molecule has 0 saturated carbocycles. The molecule has 0 spiro atoms. The summed E-state index contributed by atoms with van der Waals surface area (Å²) in [5, 5.41) is 12.4. The van der Waals surface area contributed by atoms with Gasteiger partial charge in [0.15, 0.2) is 5.82 Å². The van der Waals surface area contributed by atoms with Crippen molar-refractivity contribution >= 4 is 17.4 Å². The number of carbonyl (C=O) groups is 1. The van der Waals surface area contributed by atoms with Crippen molar-refractivity contribution in [3.05, 3.63) is 27.8 Å². The van der Waals surface area contributed by atoms with Gasteiger partial charge in [-0.1, -0.05) is 12.1 Å². The number of aromatic nitrogens is 3. The maximum atomic E-state index is 11.9. The lowest BCUT2D eigenvalue weighted by molar-refractivity contribution is 0.236. The van der Waals surface area contributed by atoms with Crippen LogP contribution in [0.2, 0.25) is 0 Å². The molecule has 22 heavy (non-hydrogen) atoms. The fourth-order valence-electron chi connectivity index (χ4n) is 1.96. The number of carbonyl (C=O) groups excluding carboxylic acids is 1. The van der Waals surface area contributed by atoms with Crippen LogP contribution in [0.1, 0.15) is 48.2 Å². The second kappa shape index (κ2) is 7.88. The van der Waals surface area contributed by atoms with Crippen molar-refractivity contribution in [3.8, 4) is 0 Å². The third kappa shape index (κ3) is 4.80. The van der Waals surface area contributed by atoms with Gasteiger partial charge in [-0.25, -0.2) is 9.78 Å². The smallest absolute Gasteiger partial charge is 0.315 e. The number of rotatable bonds is 7. The number of hydrogen-bond donors (Lipinski definition) is 2. The lowest BCUT2D eigenvalue weighted by Gasteiger charge is -2.15. The fraction of sp³-hybridized carbons (Fsp3) is 0.571. The summed E-state index contributed by atoms with van der Waals surface area (Å²) in [6, 6.07) is -0.223. The molecule has 0 bridgehead atoms. The summed E-state index contributed by atoms with van der Waals surface area (Å²) in [6.07, 6.45) is 2.22. The van der Waals surface area contributed by atoms with Gasteiger partial charge in [-0.3, -0.25) is 0 Å². The molecule has 8 heteroatoms. The highest BCUT2D eigenvalue weighted by Gasteiger charge is 2.15. The number of urea groups is 1. The molecule has 0 unspecified atom stereocenters. The first kappa shape index (κ1) is 16.4. The Kier molecular flexibility index (Phi) is 5.88. The van der Waals surface area contributed by atoms with E-state index in [1.54, 1.807) is 18.3 Å². The standard InChI is InChI=1S/C14H21N5O2S/c1-4-11(13-16-9(2)8-22-13)18-14(20)15-7-5-6-12-17-10(3)19-21-12/h8,11H,4-7H2,1-3H3,(H2,15,18,20)/t11-/m1/s1. The van der Waals surface area contributed by atoms with Crippen molar-refractivity contribution in [2.45, 2.75) is 46.1 Å². The molecule has 0 aliphatic carbocycles. The van der Waals surface area contributed by atoms with Crippen LogP contribution in [0.4, 0.5) is 4.79 Å². The third-order valence-corrected chi connectivity index (χ3v) is 4.15. The molecule has 120 valence electrons. The molecule has 2 N–H and O–H groups in total. The summed E-state index contributed by atoms with van der Waals surface area (Å²) >= 11 is 1.57. The summed E-state index contributed by atoms with van der Waals surface area (Å²) in [5.41, 5.74) is 0.982. The minimum atomic E-state index is -0.179. The van der Waals surface area contributed by atoms with Crippen molar-refractivity contribution in [2.75, 3.05) is 6.54 Å². The van der Waals surface area contributed by atoms with Gasteiger partial charge in [0.25, 0.3) is 0 Å². The van der Waals surface area contributed by atoms with Gasteiger partial charge in [-0.15, -0.1) is 11.3 Å². The average Bonchev–Trinajstić information content (AvgIpc) is 3.10. The van der Waals surface area contributed by atoms with Crippen molar-refractivity contribution in [1.29, 1.82) is 0 Å². The molecule has 0 aliphatic rings. The van der Waals surface area contributed by atoms with Gasteiger partial charge < -0.3 is 15.2 Å². The van der Waals surface area contributed by atoms with E-state index in [0.717, 1.165) is 23.5 Å². The second-order valence-electron chi connectivity index (χ2n) is 5.03. The lowest BCUT2D eigenvalue weighted by atomic mass is 10.2. The van der Waals surface area contributed by atoms with Crippen molar-refractivity contribution in [3.63, 3.8) is 0 Å². The first-order chi connectivity index (χ1) is 10.6. The van der Waals surface area contributed by atoms with Crippen LogP contribution in [0, 0.1) is 13.8 Å². The first-order valence-electron chi connectivity index (χ1n) is 7.34. The van der Waals surface area contributed by atoms with Crippen LogP contribution >= 0.6 is 11.3 Å². The quantitative estimate of drug-likeness (QED) is 0.764. The van der Waals surface area contributed by atoms with Gasteiger partial charge in [-0.2, -0.15) is 4.98 Å². The van der Waals surface area contributed by atoms with Gasteiger partial charge in [0.2, 0.25) is 5.89 Å². The molecule has 0 saturated heterocycles. The molecule has 2 amide bonds. The van der Waals surface area contributed by atoms with Crippen LogP contribution in [-0.4, -0.2) is 27.7 Å². The zero-order valence-electron chi connectivity index (χ0n) is 13.0. The van der Waals surface area contributed by atoms with E-state index in [4.69, 9.17) is 4.52 Å². The van der Waals surface area contributed by atoms with E-state index in [2.05, 4.69) is 25.8 Å². The number of thiazole rings is 1. The van der Waals surface area contributed by atoms with Crippen LogP contribution in [-0.2, 0) is 6.42 Å². The molecule has 2 heterocycles. The third-order valence-electron chi connectivity index (χ3n) is 3.07. The Labute approximate surface area is 133 Å². The van der Waals surface area contributed by atoms with Crippen molar-refractivity contribution in [1.82, 2.24) is 25.8 Å². The fourth-order valence-corrected chi connectivity index (χ4v) is 2.89. The molecular formula is C14H21N5O2S. The topological polar surface area (TPSA) is 92.9 Å². The molecule has 0 aliphatic heterocycles. The van der Waals surface area contributed by atoms with Gasteiger partial charge in [0.05, 0.1) is 6.04 Å². The number of amides is 2. The van der Waals surface area contributed by atoms with E-state index in [1.165, 1.54) is 0 Å². The van der Waals surface area contributed by atoms with Gasteiger partial charge in [-0.05, 0) is 26.7 Å². The number of aryl methyl sites for hydroxylation is 3. The Hall–Kier alpha value is -1.96. The predicted octanol–water partition coefficient (Wildman–Crippen LogP) is 2.53. The Balaban J connectivity index is 1.70. The molecule has 0 fully saturated rings. The number of hydrogen-bond acceptors (Lipinski definition) is 6. The van der Waals surface area contributed by atoms with Crippen LogP contribution in [0.25, 0.3) is 0 Å². The highest BCUT2D eigenvalue weighted by atomic mass is 32.1. The van der Waals surface area contributed by atoms with E-state index in [1.807, 2.05) is 19.2 Å². The number of nitrogens with one attached hydrogen (secondary N) is 2. The highest BCUT2D eigenvalue weighted by Crippen LogP contribution is 2.20. The van der Waals surface area contributed by atoms with Gasteiger partial charge in [0, 0.05) is 24.0 Å². The molecular weight excluding hydrogens is 302 g/mol. The monoisotopic (exact) mass is 323 g/mol. The summed E-state index contributed by atoms with van der Waals surface area (Å²) in [5.74, 6) is 1.23. The summed E-state index contributed by atoms with van der Waals surface area (Å²) in [6.45, 7) is 6.32. The number of nitrogens with zero attached hydrogens (tertiary/aromatic N) is 3. The molecule has 2 aromatic rings.